The van der Waals surface area contributed by atoms with E-state index in [4.69, 9.17) is 4.52 Å². The number of aryl methyl sites for hydroxylation is 2. The van der Waals surface area contributed by atoms with Crippen molar-refractivity contribution in [2.24, 2.45) is 0 Å². The van der Waals surface area contributed by atoms with Crippen LogP contribution >= 0.6 is 0 Å². The molecule has 1 saturated heterocycles. The topological polar surface area (TPSA) is 51.0 Å². The Bertz CT molecular complexity index is 605. The summed E-state index contributed by atoms with van der Waals surface area (Å²) < 4.78 is 18.6. The average molecular weight is 289 g/mol. The molecule has 4 nitrogen and oxygen atoms in total. The highest BCUT2D eigenvalue weighted by Crippen LogP contribution is 2.22. The maximum absolute atomic E-state index is 13.3. The Morgan fingerprint density at radius 2 is 2.29 bits per heavy atom. The van der Waals surface area contributed by atoms with Crippen LogP contribution in [0.4, 0.5) is 4.39 Å². The second-order valence-corrected chi connectivity index (χ2v) is 5.66. The molecule has 0 radical (unpaired) electrons. The Hall–Kier alpha value is -1.75. The van der Waals surface area contributed by atoms with Crippen LogP contribution in [0.2, 0.25) is 0 Å². The van der Waals surface area contributed by atoms with Gasteiger partial charge in [-0.15, -0.1) is 0 Å². The molecule has 21 heavy (non-hydrogen) atoms. The van der Waals surface area contributed by atoms with Crippen molar-refractivity contribution in [3.05, 3.63) is 35.5 Å². The van der Waals surface area contributed by atoms with E-state index in [1.165, 1.54) is 31.4 Å². The molecule has 0 aliphatic carbocycles. The largest absolute Gasteiger partial charge is 0.339 e. The lowest BCUT2D eigenvalue weighted by atomic mass is 10.0. The van der Waals surface area contributed by atoms with Crippen LogP contribution in [0.5, 0.6) is 0 Å². The van der Waals surface area contributed by atoms with Gasteiger partial charge in [-0.3, -0.25) is 0 Å². The minimum Gasteiger partial charge on any atom is -0.339 e. The number of halogens is 1. The van der Waals surface area contributed by atoms with Crippen LogP contribution in [0, 0.1) is 12.7 Å². The zero-order valence-corrected chi connectivity index (χ0v) is 12.2. The summed E-state index contributed by atoms with van der Waals surface area (Å²) in [4.78, 5) is 4.39. The summed E-state index contributed by atoms with van der Waals surface area (Å²) in [5.41, 5.74) is 1.64. The smallest absolute Gasteiger partial charge is 0.227 e. The zero-order valence-electron chi connectivity index (χ0n) is 12.2. The van der Waals surface area contributed by atoms with Crippen molar-refractivity contribution >= 4 is 0 Å². The van der Waals surface area contributed by atoms with E-state index in [0.717, 1.165) is 24.9 Å². The van der Waals surface area contributed by atoms with E-state index in [-0.39, 0.29) is 5.82 Å². The van der Waals surface area contributed by atoms with Crippen molar-refractivity contribution in [3.8, 4) is 11.4 Å². The maximum Gasteiger partial charge on any atom is 0.227 e. The molecule has 0 saturated carbocycles. The fourth-order valence-corrected chi connectivity index (χ4v) is 2.77. The summed E-state index contributed by atoms with van der Waals surface area (Å²) in [5, 5.41) is 7.48. The van der Waals surface area contributed by atoms with Crippen LogP contribution in [0.1, 0.15) is 37.1 Å². The van der Waals surface area contributed by atoms with Crippen LogP contribution in [0.15, 0.2) is 22.7 Å². The van der Waals surface area contributed by atoms with Crippen molar-refractivity contribution in [2.75, 3.05) is 6.54 Å². The predicted molar refractivity (Wildman–Crippen MR) is 78.4 cm³/mol. The van der Waals surface area contributed by atoms with E-state index in [9.17, 15) is 4.39 Å². The molecule has 1 aliphatic heterocycles. The van der Waals surface area contributed by atoms with Crippen LogP contribution in [-0.4, -0.2) is 22.7 Å². The van der Waals surface area contributed by atoms with Crippen LogP contribution in [0.3, 0.4) is 0 Å². The summed E-state index contributed by atoms with van der Waals surface area (Å²) in [6.07, 6.45) is 5.53. The molecule has 1 aromatic heterocycles. The van der Waals surface area contributed by atoms with E-state index in [1.54, 1.807) is 6.07 Å². The van der Waals surface area contributed by atoms with Crippen molar-refractivity contribution in [3.63, 3.8) is 0 Å². The van der Waals surface area contributed by atoms with E-state index in [1.807, 2.05) is 6.92 Å². The van der Waals surface area contributed by atoms with Gasteiger partial charge in [-0.05, 0) is 50.4 Å². The SMILES string of the molecule is Cc1ccc(F)cc1-c1noc(CCC2CCCCN2)n1. The third-order valence-electron chi connectivity index (χ3n) is 4.03. The first kappa shape index (κ1) is 14.2. The molecule has 3 rings (SSSR count). The molecular formula is C16H20FN3O. The van der Waals surface area contributed by atoms with Gasteiger partial charge in [-0.25, -0.2) is 4.39 Å². The van der Waals surface area contributed by atoms with Gasteiger partial charge in [0.25, 0.3) is 0 Å². The van der Waals surface area contributed by atoms with E-state index in [0.29, 0.717) is 23.3 Å². The number of rotatable bonds is 4. The third-order valence-corrected chi connectivity index (χ3v) is 4.03. The second-order valence-electron chi connectivity index (χ2n) is 5.66. The number of hydrogen-bond donors (Lipinski definition) is 1. The average Bonchev–Trinajstić information content (AvgIpc) is 2.97. The molecule has 1 unspecified atom stereocenters. The lowest BCUT2D eigenvalue weighted by molar-refractivity contribution is 0.342. The number of hydrogen-bond acceptors (Lipinski definition) is 4. The summed E-state index contributed by atoms with van der Waals surface area (Å²) in [7, 11) is 0. The van der Waals surface area contributed by atoms with Gasteiger partial charge in [0.05, 0.1) is 0 Å². The normalized spacial score (nSPS) is 18.9. The first-order valence-electron chi connectivity index (χ1n) is 7.55. The summed E-state index contributed by atoms with van der Waals surface area (Å²) >= 11 is 0. The highest BCUT2D eigenvalue weighted by molar-refractivity contribution is 5.59. The van der Waals surface area contributed by atoms with Crippen LogP contribution < -0.4 is 5.32 Å². The van der Waals surface area contributed by atoms with Gasteiger partial charge >= 0.3 is 0 Å². The Balaban J connectivity index is 1.66. The standard InChI is InChI=1S/C16H20FN3O/c1-11-5-6-12(17)10-14(11)16-19-15(21-20-16)8-7-13-4-2-3-9-18-13/h5-6,10,13,18H,2-4,7-9H2,1H3. The number of nitrogens with one attached hydrogen (secondary N) is 1. The fourth-order valence-electron chi connectivity index (χ4n) is 2.77. The number of nitrogens with zero attached hydrogens (tertiary/aromatic N) is 2. The van der Waals surface area contributed by atoms with Gasteiger partial charge in [0, 0.05) is 18.0 Å². The predicted octanol–water partition coefficient (Wildman–Crippen LogP) is 3.26. The molecule has 1 fully saturated rings. The monoisotopic (exact) mass is 289 g/mol. The molecule has 1 N–H and O–H groups in total. The Morgan fingerprint density at radius 3 is 3.10 bits per heavy atom. The first-order chi connectivity index (χ1) is 10.2. The van der Waals surface area contributed by atoms with E-state index >= 15 is 0 Å². The Kier molecular flexibility index (Phi) is 4.29. The van der Waals surface area contributed by atoms with Crippen molar-refractivity contribution < 1.29 is 8.91 Å². The molecule has 0 amide bonds. The Morgan fingerprint density at radius 1 is 1.38 bits per heavy atom. The zero-order chi connectivity index (χ0) is 14.7. The molecular weight excluding hydrogens is 269 g/mol. The minimum absolute atomic E-state index is 0.284. The Labute approximate surface area is 123 Å². The van der Waals surface area contributed by atoms with Crippen LogP contribution in [-0.2, 0) is 6.42 Å². The molecule has 2 heterocycles. The van der Waals surface area contributed by atoms with Gasteiger partial charge in [0.1, 0.15) is 5.82 Å². The molecule has 1 aliphatic rings. The minimum atomic E-state index is -0.284. The summed E-state index contributed by atoms with van der Waals surface area (Å²) in [6, 6.07) is 5.17. The molecule has 1 aromatic carbocycles. The first-order valence-corrected chi connectivity index (χ1v) is 7.55. The maximum atomic E-state index is 13.3. The summed E-state index contributed by atoms with van der Waals surface area (Å²) in [6.45, 7) is 3.01. The van der Waals surface area contributed by atoms with Gasteiger partial charge in [-0.1, -0.05) is 17.6 Å². The lowest BCUT2D eigenvalue weighted by Crippen LogP contribution is -2.34. The number of piperidine rings is 1. The lowest BCUT2D eigenvalue weighted by Gasteiger charge is -2.22. The second kappa shape index (κ2) is 6.35. The summed E-state index contributed by atoms with van der Waals surface area (Å²) in [5.74, 6) is 0.813. The molecule has 2 aromatic rings. The van der Waals surface area contributed by atoms with Gasteiger partial charge in [0.2, 0.25) is 11.7 Å². The van der Waals surface area contributed by atoms with E-state index in [2.05, 4.69) is 15.5 Å². The van der Waals surface area contributed by atoms with Crippen molar-refractivity contribution in [1.82, 2.24) is 15.5 Å². The van der Waals surface area contributed by atoms with Crippen LogP contribution in [0.25, 0.3) is 11.4 Å². The van der Waals surface area contributed by atoms with Gasteiger partial charge in [-0.2, -0.15) is 4.98 Å². The highest BCUT2D eigenvalue weighted by atomic mass is 19.1. The molecule has 1 atom stereocenters. The van der Waals surface area contributed by atoms with Crippen molar-refractivity contribution in [2.45, 2.75) is 45.1 Å². The molecule has 5 heteroatoms. The molecule has 0 spiro atoms. The van der Waals surface area contributed by atoms with Gasteiger partial charge < -0.3 is 9.84 Å². The van der Waals surface area contributed by atoms with Gasteiger partial charge in [0.15, 0.2) is 0 Å². The van der Waals surface area contributed by atoms with E-state index < -0.39 is 0 Å². The third kappa shape index (κ3) is 3.47. The quantitative estimate of drug-likeness (QED) is 0.938. The number of benzene rings is 1. The molecule has 0 bridgehead atoms. The van der Waals surface area contributed by atoms with Crippen molar-refractivity contribution in [1.29, 1.82) is 0 Å². The fraction of sp³-hybridized carbons (Fsp3) is 0.500. The highest BCUT2D eigenvalue weighted by Gasteiger charge is 2.16. The number of aromatic nitrogens is 2. The molecule has 112 valence electrons.